The zero-order chi connectivity index (χ0) is 13.5. The van der Waals surface area contributed by atoms with E-state index in [9.17, 15) is 12.8 Å². The van der Waals surface area contributed by atoms with Gasteiger partial charge in [0.05, 0.1) is 0 Å². The summed E-state index contributed by atoms with van der Waals surface area (Å²) >= 11 is 3.05. The second-order valence-corrected chi connectivity index (χ2v) is 6.97. The largest absolute Gasteiger partial charge is 0.398 e. The fourth-order valence-electron chi connectivity index (χ4n) is 1.86. The number of anilines is 1. The number of nitrogens with one attached hydrogen (secondary N) is 1. The Labute approximate surface area is 114 Å². The van der Waals surface area contributed by atoms with Crippen LogP contribution in [-0.4, -0.2) is 14.5 Å². The number of hydrogen-bond acceptors (Lipinski definition) is 3. The third-order valence-electron chi connectivity index (χ3n) is 3.09. The minimum atomic E-state index is -3.84. The molecule has 1 fully saturated rings. The summed E-state index contributed by atoms with van der Waals surface area (Å²) in [5, 5.41) is 0. The number of nitrogens with two attached hydrogens (primary N) is 1. The first-order valence-corrected chi connectivity index (χ1v) is 7.89. The Morgan fingerprint density at radius 3 is 2.78 bits per heavy atom. The van der Waals surface area contributed by atoms with Gasteiger partial charge in [-0.05, 0) is 40.4 Å². The molecule has 2 rings (SSSR count). The molecule has 3 N–H and O–H groups in total. The highest BCUT2D eigenvalue weighted by molar-refractivity contribution is 9.10. The lowest BCUT2D eigenvalue weighted by molar-refractivity contribution is 0.553. The monoisotopic (exact) mass is 336 g/mol. The highest BCUT2D eigenvalue weighted by Gasteiger charge is 2.39. The molecule has 0 amide bonds. The van der Waals surface area contributed by atoms with E-state index < -0.39 is 20.7 Å². The highest BCUT2D eigenvalue weighted by Crippen LogP contribution is 2.35. The maximum absolute atomic E-state index is 13.7. The molecule has 18 heavy (non-hydrogen) atoms. The van der Waals surface area contributed by atoms with E-state index in [0.717, 1.165) is 25.0 Å². The second kappa shape index (κ2) is 4.79. The van der Waals surface area contributed by atoms with Crippen LogP contribution < -0.4 is 10.5 Å². The standard InChI is InChI=1S/C11H14BrFN2O2S/c1-2-6-3-10(6)15-18(16,17)11-5-9(14)7(12)4-8(11)13/h4-6,10,15H,2-3,14H2,1H3. The number of benzene rings is 1. The first-order chi connectivity index (χ1) is 8.35. The molecule has 0 saturated heterocycles. The van der Waals surface area contributed by atoms with Crippen molar-refractivity contribution in [3.8, 4) is 0 Å². The van der Waals surface area contributed by atoms with Crippen LogP contribution in [0.5, 0.6) is 0 Å². The van der Waals surface area contributed by atoms with Gasteiger partial charge in [0.1, 0.15) is 10.7 Å². The fourth-order valence-corrected chi connectivity index (χ4v) is 3.58. The molecule has 0 aliphatic heterocycles. The van der Waals surface area contributed by atoms with Gasteiger partial charge < -0.3 is 5.73 Å². The Morgan fingerprint density at radius 2 is 2.22 bits per heavy atom. The second-order valence-electron chi connectivity index (χ2n) is 4.44. The van der Waals surface area contributed by atoms with E-state index in [-0.39, 0.29) is 11.7 Å². The molecule has 1 aromatic rings. The Morgan fingerprint density at radius 1 is 1.56 bits per heavy atom. The summed E-state index contributed by atoms with van der Waals surface area (Å²) in [6.45, 7) is 2.00. The van der Waals surface area contributed by atoms with Crippen LogP contribution >= 0.6 is 15.9 Å². The normalized spacial score (nSPS) is 23.1. The molecule has 2 atom stereocenters. The number of sulfonamides is 1. The fraction of sp³-hybridized carbons (Fsp3) is 0.455. The Bertz CT molecular complexity index is 577. The lowest BCUT2D eigenvalue weighted by Gasteiger charge is -2.09. The van der Waals surface area contributed by atoms with Crippen LogP contribution in [0.4, 0.5) is 10.1 Å². The van der Waals surface area contributed by atoms with Crippen LogP contribution in [0, 0.1) is 11.7 Å². The van der Waals surface area contributed by atoms with Gasteiger partial charge in [-0.2, -0.15) is 0 Å². The smallest absolute Gasteiger partial charge is 0.243 e. The maximum Gasteiger partial charge on any atom is 0.243 e. The van der Waals surface area contributed by atoms with Gasteiger partial charge in [-0.3, -0.25) is 0 Å². The molecule has 1 aliphatic rings. The summed E-state index contributed by atoms with van der Waals surface area (Å²) in [5.74, 6) is -0.451. The van der Waals surface area contributed by atoms with E-state index in [4.69, 9.17) is 5.73 Å². The van der Waals surface area contributed by atoms with Crippen molar-refractivity contribution in [2.75, 3.05) is 5.73 Å². The lowest BCUT2D eigenvalue weighted by Crippen LogP contribution is -2.28. The minimum absolute atomic E-state index is 0.0794. The van der Waals surface area contributed by atoms with Crippen LogP contribution in [0.15, 0.2) is 21.5 Å². The molecule has 2 unspecified atom stereocenters. The molecule has 1 saturated carbocycles. The van der Waals surface area contributed by atoms with Crippen LogP contribution in [0.25, 0.3) is 0 Å². The predicted octanol–water partition coefficient (Wildman–Crippen LogP) is 2.25. The third-order valence-corrected chi connectivity index (χ3v) is 5.29. The molecule has 0 bridgehead atoms. The number of halogens is 2. The summed E-state index contributed by atoms with van der Waals surface area (Å²) in [4.78, 5) is -0.398. The molecule has 4 nitrogen and oxygen atoms in total. The van der Waals surface area contributed by atoms with Crippen LogP contribution in [-0.2, 0) is 10.0 Å². The Balaban J connectivity index is 2.27. The van der Waals surface area contributed by atoms with Crippen molar-refractivity contribution in [3.63, 3.8) is 0 Å². The molecule has 1 aliphatic carbocycles. The summed E-state index contributed by atoms with van der Waals surface area (Å²) in [7, 11) is -3.84. The SMILES string of the molecule is CCC1CC1NS(=O)(=O)c1cc(N)c(Br)cc1F. The van der Waals surface area contributed by atoms with E-state index in [1.807, 2.05) is 6.92 Å². The predicted molar refractivity (Wildman–Crippen MR) is 71.0 cm³/mol. The first kappa shape index (κ1) is 13.8. The zero-order valence-corrected chi connectivity index (χ0v) is 12.2. The van der Waals surface area contributed by atoms with Gasteiger partial charge in [0.25, 0.3) is 0 Å². The van der Waals surface area contributed by atoms with E-state index in [2.05, 4.69) is 20.7 Å². The average molecular weight is 337 g/mol. The summed E-state index contributed by atoms with van der Waals surface area (Å²) < 4.78 is 40.5. The Hall–Kier alpha value is -0.660. The van der Waals surface area contributed by atoms with Crippen molar-refractivity contribution in [3.05, 3.63) is 22.4 Å². The van der Waals surface area contributed by atoms with Crippen molar-refractivity contribution < 1.29 is 12.8 Å². The third kappa shape index (κ3) is 2.67. The van der Waals surface area contributed by atoms with Gasteiger partial charge in [-0.15, -0.1) is 0 Å². The van der Waals surface area contributed by atoms with Crippen LogP contribution in [0.3, 0.4) is 0 Å². The van der Waals surface area contributed by atoms with E-state index >= 15 is 0 Å². The summed E-state index contributed by atoms with van der Waals surface area (Å²) in [6.07, 6.45) is 1.72. The molecule has 0 heterocycles. The summed E-state index contributed by atoms with van der Waals surface area (Å²) in [6, 6.07) is 2.11. The van der Waals surface area contributed by atoms with Crippen molar-refractivity contribution in [1.29, 1.82) is 0 Å². The van der Waals surface area contributed by atoms with Gasteiger partial charge in [-0.1, -0.05) is 13.3 Å². The lowest BCUT2D eigenvalue weighted by atomic mass is 10.3. The molecule has 0 aromatic heterocycles. The first-order valence-electron chi connectivity index (χ1n) is 5.62. The number of hydrogen-bond donors (Lipinski definition) is 2. The van der Waals surface area contributed by atoms with E-state index in [1.165, 1.54) is 0 Å². The topological polar surface area (TPSA) is 72.2 Å². The summed E-state index contributed by atoms with van der Waals surface area (Å²) in [5.41, 5.74) is 5.77. The van der Waals surface area contributed by atoms with Crippen LogP contribution in [0.2, 0.25) is 0 Å². The maximum atomic E-state index is 13.7. The minimum Gasteiger partial charge on any atom is -0.398 e. The molecule has 1 aromatic carbocycles. The molecule has 100 valence electrons. The van der Waals surface area contributed by atoms with Crippen molar-refractivity contribution in [1.82, 2.24) is 4.72 Å². The molecule has 0 spiro atoms. The van der Waals surface area contributed by atoms with E-state index in [0.29, 0.717) is 10.4 Å². The Kier molecular flexibility index (Phi) is 3.66. The van der Waals surface area contributed by atoms with Gasteiger partial charge in [-0.25, -0.2) is 17.5 Å². The van der Waals surface area contributed by atoms with Crippen molar-refractivity contribution in [2.45, 2.75) is 30.7 Å². The average Bonchev–Trinajstić information content (AvgIpc) is 3.00. The quantitative estimate of drug-likeness (QED) is 0.828. The van der Waals surface area contributed by atoms with Crippen molar-refractivity contribution >= 4 is 31.6 Å². The van der Waals surface area contributed by atoms with Gasteiger partial charge >= 0.3 is 0 Å². The van der Waals surface area contributed by atoms with Gasteiger partial charge in [0.2, 0.25) is 10.0 Å². The highest BCUT2D eigenvalue weighted by atomic mass is 79.9. The number of rotatable bonds is 4. The van der Waals surface area contributed by atoms with E-state index in [1.54, 1.807) is 0 Å². The van der Waals surface area contributed by atoms with Gasteiger partial charge in [0.15, 0.2) is 0 Å². The number of nitrogen functional groups attached to an aromatic ring is 1. The molecule has 7 heteroatoms. The molecule has 0 radical (unpaired) electrons. The molecular weight excluding hydrogens is 323 g/mol. The van der Waals surface area contributed by atoms with Crippen molar-refractivity contribution in [2.24, 2.45) is 5.92 Å². The molecular formula is C11H14BrFN2O2S. The zero-order valence-electron chi connectivity index (χ0n) is 9.78. The van der Waals surface area contributed by atoms with Gasteiger partial charge in [0, 0.05) is 16.2 Å². The van der Waals surface area contributed by atoms with Crippen LogP contribution in [0.1, 0.15) is 19.8 Å².